The third kappa shape index (κ3) is 4.66. The van der Waals surface area contributed by atoms with Crippen LogP contribution in [0.15, 0.2) is 72.8 Å². The van der Waals surface area contributed by atoms with E-state index in [2.05, 4.69) is 5.32 Å². The van der Waals surface area contributed by atoms with E-state index < -0.39 is 0 Å². The lowest BCUT2D eigenvalue weighted by Gasteiger charge is -2.15. The molecule has 0 aliphatic rings. The van der Waals surface area contributed by atoms with Gasteiger partial charge in [0.1, 0.15) is 5.75 Å². The van der Waals surface area contributed by atoms with E-state index in [0.717, 1.165) is 22.2 Å². The van der Waals surface area contributed by atoms with Crippen LogP contribution < -0.4 is 10.1 Å². The molecule has 0 aliphatic carbocycles. The monoisotopic (exact) mass is 450 g/mol. The van der Waals surface area contributed by atoms with Crippen LogP contribution in [0.3, 0.4) is 0 Å². The van der Waals surface area contributed by atoms with E-state index in [0.29, 0.717) is 27.0 Å². The first-order chi connectivity index (χ1) is 14.9. The van der Waals surface area contributed by atoms with Crippen LogP contribution >= 0.6 is 23.2 Å². The number of ether oxygens (including phenoxy) is 1. The number of carbonyl (C=O) groups excluding carboxylic acids is 1. The van der Waals surface area contributed by atoms with Gasteiger partial charge in [0.25, 0.3) is 5.91 Å². The molecule has 0 fully saturated rings. The highest BCUT2D eigenvalue weighted by molar-refractivity contribution is 6.42. The van der Waals surface area contributed by atoms with Gasteiger partial charge < -0.3 is 10.1 Å². The zero-order valence-electron chi connectivity index (χ0n) is 17.0. The highest BCUT2D eigenvalue weighted by Gasteiger charge is 2.17. The minimum Gasteiger partial charge on any atom is -0.490 e. The van der Waals surface area contributed by atoms with Crippen molar-refractivity contribution in [2.24, 2.45) is 0 Å². The smallest absolute Gasteiger partial charge is 0.256 e. The molecule has 0 atom stereocenters. The summed E-state index contributed by atoms with van der Waals surface area (Å²) in [6.45, 7) is 3.95. The number of benzene rings is 3. The number of para-hydroxylation sites is 2. The lowest BCUT2D eigenvalue weighted by molar-refractivity contribution is 0.102. The lowest BCUT2D eigenvalue weighted by atomic mass is 10.0. The van der Waals surface area contributed by atoms with Crippen molar-refractivity contribution in [1.29, 1.82) is 0 Å². The minimum absolute atomic E-state index is 0.0130. The molecular weight excluding hydrogens is 431 g/mol. The Balaban J connectivity index is 1.81. The largest absolute Gasteiger partial charge is 0.490 e. The fraction of sp³-hybridized carbons (Fsp3) is 0.120. The topological polar surface area (TPSA) is 51.2 Å². The lowest BCUT2D eigenvalue weighted by Crippen LogP contribution is -2.13. The van der Waals surface area contributed by atoms with Gasteiger partial charge in [-0.25, -0.2) is 4.98 Å². The first-order valence-corrected chi connectivity index (χ1v) is 10.6. The second-order valence-corrected chi connectivity index (χ2v) is 8.13. The molecule has 6 heteroatoms. The number of nitrogens with zero attached hydrogens (tertiary/aromatic N) is 1. The van der Waals surface area contributed by atoms with Gasteiger partial charge in [-0.2, -0.15) is 0 Å². The van der Waals surface area contributed by atoms with Gasteiger partial charge in [-0.15, -0.1) is 0 Å². The maximum Gasteiger partial charge on any atom is 0.256 e. The maximum atomic E-state index is 13.2. The van der Waals surface area contributed by atoms with Gasteiger partial charge in [-0.1, -0.05) is 53.5 Å². The number of anilines is 1. The molecule has 1 N–H and O–H groups in total. The number of carbonyl (C=O) groups is 1. The summed E-state index contributed by atoms with van der Waals surface area (Å²) in [6.07, 6.45) is 0.0130. The molecule has 3 aromatic carbocycles. The van der Waals surface area contributed by atoms with Gasteiger partial charge in [-0.3, -0.25) is 4.79 Å². The Bertz CT molecular complexity index is 1270. The second-order valence-electron chi connectivity index (χ2n) is 7.32. The van der Waals surface area contributed by atoms with Gasteiger partial charge in [0.05, 0.1) is 32.9 Å². The summed E-state index contributed by atoms with van der Waals surface area (Å²) < 4.78 is 5.96. The summed E-state index contributed by atoms with van der Waals surface area (Å²) in [4.78, 5) is 18.0. The van der Waals surface area contributed by atoms with Crippen LogP contribution in [0.25, 0.3) is 22.2 Å². The zero-order chi connectivity index (χ0) is 22.0. The average molecular weight is 451 g/mol. The number of pyridine rings is 1. The van der Waals surface area contributed by atoms with Crippen molar-refractivity contribution in [3.63, 3.8) is 0 Å². The number of hydrogen-bond acceptors (Lipinski definition) is 3. The minimum atomic E-state index is -0.263. The molecule has 0 aliphatic heterocycles. The number of amides is 1. The normalized spacial score (nSPS) is 11.0. The molecule has 0 saturated carbocycles. The van der Waals surface area contributed by atoms with Gasteiger partial charge in [0.15, 0.2) is 0 Å². The quantitative estimate of drug-likeness (QED) is 0.348. The van der Waals surface area contributed by atoms with Gasteiger partial charge in [0.2, 0.25) is 0 Å². The van der Waals surface area contributed by atoms with Crippen molar-refractivity contribution in [1.82, 2.24) is 4.98 Å². The Kier molecular flexibility index (Phi) is 6.12. The third-order valence-electron chi connectivity index (χ3n) is 4.66. The summed E-state index contributed by atoms with van der Waals surface area (Å²) in [5, 5.41) is 4.46. The molecule has 1 aromatic heterocycles. The molecule has 4 rings (SSSR count). The summed E-state index contributed by atoms with van der Waals surface area (Å²) in [5.74, 6) is 0.455. The Hall–Kier alpha value is -3.08. The van der Waals surface area contributed by atoms with Crippen LogP contribution in [0.4, 0.5) is 5.69 Å². The van der Waals surface area contributed by atoms with Crippen molar-refractivity contribution in [2.75, 3.05) is 5.32 Å². The van der Waals surface area contributed by atoms with Crippen molar-refractivity contribution < 1.29 is 9.53 Å². The highest BCUT2D eigenvalue weighted by atomic mass is 35.5. The van der Waals surface area contributed by atoms with Crippen molar-refractivity contribution in [3.05, 3.63) is 88.4 Å². The maximum absolute atomic E-state index is 13.2. The van der Waals surface area contributed by atoms with Crippen LogP contribution in [0.2, 0.25) is 10.0 Å². The summed E-state index contributed by atoms with van der Waals surface area (Å²) in [5.41, 5.74) is 3.27. The number of halogens is 2. The molecule has 0 unspecified atom stereocenters. The molecule has 31 heavy (non-hydrogen) atoms. The predicted molar refractivity (Wildman–Crippen MR) is 127 cm³/mol. The van der Waals surface area contributed by atoms with Crippen LogP contribution in [0, 0.1) is 0 Å². The third-order valence-corrected chi connectivity index (χ3v) is 5.40. The summed E-state index contributed by atoms with van der Waals surface area (Å²) >= 11 is 12.1. The van der Waals surface area contributed by atoms with E-state index in [1.807, 2.05) is 62.4 Å². The molecular formula is C25H20Cl2N2O2. The average Bonchev–Trinajstić information content (AvgIpc) is 2.75. The molecule has 0 spiro atoms. The first kappa shape index (κ1) is 21.2. The van der Waals surface area contributed by atoms with E-state index >= 15 is 0 Å². The Morgan fingerprint density at radius 1 is 0.935 bits per heavy atom. The van der Waals surface area contributed by atoms with Gasteiger partial charge in [-0.05, 0) is 56.3 Å². The number of nitrogens with one attached hydrogen (secondary N) is 1. The van der Waals surface area contributed by atoms with Crippen molar-refractivity contribution in [2.45, 2.75) is 20.0 Å². The number of rotatable bonds is 5. The highest BCUT2D eigenvalue weighted by Crippen LogP contribution is 2.32. The fourth-order valence-electron chi connectivity index (χ4n) is 3.31. The Labute approximate surface area is 190 Å². The molecule has 156 valence electrons. The number of fused-ring (bicyclic) bond motifs is 1. The molecule has 0 bridgehead atoms. The molecule has 4 aromatic rings. The van der Waals surface area contributed by atoms with Crippen LogP contribution in [-0.4, -0.2) is 17.0 Å². The Morgan fingerprint density at radius 2 is 1.68 bits per heavy atom. The van der Waals surface area contributed by atoms with Crippen molar-refractivity contribution >= 4 is 45.7 Å². The summed E-state index contributed by atoms with van der Waals surface area (Å²) in [6, 6.07) is 22.0. The fourth-order valence-corrected chi connectivity index (χ4v) is 3.61. The molecule has 0 radical (unpaired) electrons. The SMILES string of the molecule is CC(C)Oc1ccccc1-c1cc(C(=O)Nc2ccc(Cl)c(Cl)c2)c2ccccc2n1. The van der Waals surface area contributed by atoms with E-state index in [9.17, 15) is 4.79 Å². The standard InChI is InChI=1S/C25H20Cl2N2O2/c1-15(2)31-24-10-6-4-8-18(24)23-14-19(17-7-3-5-9-22(17)29-23)25(30)28-16-11-12-20(26)21(27)13-16/h3-15H,1-2H3,(H,28,30). The molecule has 4 nitrogen and oxygen atoms in total. The predicted octanol–water partition coefficient (Wildman–Crippen LogP) is 7.25. The van der Waals surface area contributed by atoms with Crippen LogP contribution in [0.1, 0.15) is 24.2 Å². The van der Waals surface area contributed by atoms with Crippen LogP contribution in [0.5, 0.6) is 5.75 Å². The van der Waals surface area contributed by atoms with Gasteiger partial charge in [0, 0.05) is 16.6 Å². The number of aromatic nitrogens is 1. The van der Waals surface area contributed by atoms with Crippen molar-refractivity contribution in [3.8, 4) is 17.0 Å². The molecule has 1 heterocycles. The molecule has 0 saturated heterocycles. The second kappa shape index (κ2) is 8.96. The zero-order valence-corrected chi connectivity index (χ0v) is 18.5. The van der Waals surface area contributed by atoms with Gasteiger partial charge >= 0.3 is 0 Å². The molecule has 1 amide bonds. The number of hydrogen-bond donors (Lipinski definition) is 1. The van der Waals surface area contributed by atoms with E-state index in [4.69, 9.17) is 32.9 Å². The van der Waals surface area contributed by atoms with Crippen LogP contribution in [-0.2, 0) is 0 Å². The van der Waals surface area contributed by atoms with E-state index in [1.54, 1.807) is 24.3 Å². The van der Waals surface area contributed by atoms with E-state index in [1.165, 1.54) is 0 Å². The van der Waals surface area contributed by atoms with E-state index in [-0.39, 0.29) is 12.0 Å². The summed E-state index contributed by atoms with van der Waals surface area (Å²) in [7, 11) is 0. The first-order valence-electron chi connectivity index (χ1n) is 9.84. The Morgan fingerprint density at radius 3 is 2.45 bits per heavy atom.